The Morgan fingerprint density at radius 2 is 1.20 bits per heavy atom. The van der Waals surface area contributed by atoms with Crippen molar-refractivity contribution < 1.29 is 57.0 Å². The van der Waals surface area contributed by atoms with E-state index in [2.05, 4.69) is 0 Å². The Labute approximate surface area is 90.6 Å². The van der Waals surface area contributed by atoms with E-state index >= 15 is 0 Å². The number of carbonyl (C=O) groups excluding carboxylic acids is 1. The summed E-state index contributed by atoms with van der Waals surface area (Å²) in [5.41, 5.74) is 0. The third-order valence-corrected chi connectivity index (χ3v) is 0. The number of carboxylic acid groups (broad SMARTS) is 1. The van der Waals surface area contributed by atoms with E-state index in [0.717, 1.165) is 0 Å². The van der Waals surface area contributed by atoms with Crippen LogP contribution in [0.2, 0.25) is 0 Å². The molecule has 0 spiro atoms. The Morgan fingerprint density at radius 1 is 1.20 bits per heavy atom. The average molecular weight is 191 g/mol. The number of hydrogen-bond donors (Lipinski definition) is 0. The van der Waals surface area contributed by atoms with Gasteiger partial charge in [0.2, 0.25) is 0 Å². The maximum atomic E-state index is 8.52. The molecule has 0 aliphatic rings. The summed E-state index contributed by atoms with van der Waals surface area (Å²) in [5, 5.41) is 8.25. The molecule has 0 saturated carbocycles. The SMILES string of the molecule is O=C[O-].O=S(=O)([O-])[O-].[Al+3].[Na+]. The zero-order valence-electron chi connectivity index (χ0n) is 5.01. The summed E-state index contributed by atoms with van der Waals surface area (Å²) in [6.45, 7) is -0.500. The van der Waals surface area contributed by atoms with Crippen LogP contribution in [0.4, 0.5) is 0 Å². The molecule has 0 aromatic carbocycles. The molecule has 0 aliphatic carbocycles. The predicted octanol–water partition coefficient (Wildman–Crippen LogP) is -6.35. The van der Waals surface area contributed by atoms with E-state index in [4.69, 9.17) is 27.4 Å². The van der Waals surface area contributed by atoms with Gasteiger partial charge in [0.25, 0.3) is 0 Å². The van der Waals surface area contributed by atoms with Crippen LogP contribution in [0.15, 0.2) is 0 Å². The van der Waals surface area contributed by atoms with E-state index < -0.39 is 16.9 Å². The van der Waals surface area contributed by atoms with Gasteiger partial charge in [0.1, 0.15) is 0 Å². The Morgan fingerprint density at radius 3 is 1.20 bits per heavy atom. The molecule has 0 saturated heterocycles. The second-order valence-corrected chi connectivity index (χ2v) is 1.32. The van der Waals surface area contributed by atoms with Gasteiger partial charge in [-0.15, -0.1) is 0 Å². The molecule has 0 fully saturated rings. The van der Waals surface area contributed by atoms with Gasteiger partial charge in [-0.25, -0.2) is 0 Å². The topological polar surface area (TPSA) is 120 Å². The third kappa shape index (κ3) is 722. The summed E-state index contributed by atoms with van der Waals surface area (Å²) in [7, 11) is -5.17. The largest absolute Gasteiger partial charge is 3.00 e. The van der Waals surface area contributed by atoms with Crippen molar-refractivity contribution in [1.82, 2.24) is 0 Å². The first-order chi connectivity index (χ1) is 3.41. The number of carbonyl (C=O) groups is 1. The molecule has 0 unspecified atom stereocenters. The van der Waals surface area contributed by atoms with E-state index in [0.29, 0.717) is 0 Å². The van der Waals surface area contributed by atoms with Crippen LogP contribution in [0.25, 0.3) is 0 Å². The van der Waals surface area contributed by atoms with Crippen molar-refractivity contribution in [1.29, 1.82) is 0 Å². The summed E-state index contributed by atoms with van der Waals surface area (Å²) in [4.78, 5) is 8.25. The predicted molar refractivity (Wildman–Crippen MR) is 22.3 cm³/mol. The van der Waals surface area contributed by atoms with Crippen LogP contribution in [-0.2, 0) is 15.2 Å². The summed E-state index contributed by atoms with van der Waals surface area (Å²) < 4.78 is 34.1. The minimum absolute atomic E-state index is 0. The van der Waals surface area contributed by atoms with Gasteiger partial charge in [-0.1, -0.05) is 0 Å². The van der Waals surface area contributed by atoms with E-state index in [-0.39, 0.29) is 46.9 Å². The molecule has 0 bridgehead atoms. The van der Waals surface area contributed by atoms with Crippen LogP contribution < -0.4 is 34.7 Å². The van der Waals surface area contributed by atoms with Crippen molar-refractivity contribution in [2.24, 2.45) is 0 Å². The quantitative estimate of drug-likeness (QED) is 0.162. The molecule has 6 nitrogen and oxygen atoms in total. The van der Waals surface area contributed by atoms with Crippen molar-refractivity contribution in [3.8, 4) is 0 Å². The molecule has 0 N–H and O–H groups in total. The monoisotopic (exact) mass is 191 g/mol. The van der Waals surface area contributed by atoms with Crippen LogP contribution in [0.1, 0.15) is 0 Å². The first-order valence-electron chi connectivity index (χ1n) is 1.14. The summed E-state index contributed by atoms with van der Waals surface area (Å²) in [5.74, 6) is 0. The zero-order valence-corrected chi connectivity index (χ0v) is 8.98. The second kappa shape index (κ2) is 12.5. The Balaban J connectivity index is -0.0000000326. The van der Waals surface area contributed by atoms with E-state index in [9.17, 15) is 0 Å². The summed E-state index contributed by atoms with van der Waals surface area (Å²) in [6, 6.07) is 0. The van der Waals surface area contributed by atoms with Crippen LogP contribution in [0.5, 0.6) is 0 Å². The fourth-order valence-corrected chi connectivity index (χ4v) is 0. The van der Waals surface area contributed by atoms with E-state index in [1.807, 2.05) is 0 Å². The number of hydrogen-bond acceptors (Lipinski definition) is 6. The fraction of sp³-hybridized carbons (Fsp3) is 0. The van der Waals surface area contributed by atoms with Crippen molar-refractivity contribution in [3.05, 3.63) is 0 Å². The molecule has 0 aromatic rings. The van der Waals surface area contributed by atoms with Gasteiger partial charge < -0.3 is 19.0 Å². The second-order valence-electron chi connectivity index (χ2n) is 0.504. The zero-order chi connectivity index (χ0) is 7.21. The Kier molecular flexibility index (Phi) is 28.1. The van der Waals surface area contributed by atoms with Crippen LogP contribution in [0, 0.1) is 0 Å². The molecule has 10 heavy (non-hydrogen) atoms. The van der Waals surface area contributed by atoms with Gasteiger partial charge in [0.15, 0.2) is 0 Å². The van der Waals surface area contributed by atoms with Crippen molar-refractivity contribution >= 4 is 34.2 Å². The number of rotatable bonds is 0. The van der Waals surface area contributed by atoms with Crippen LogP contribution >= 0.6 is 0 Å². The maximum Gasteiger partial charge on any atom is 3.00 e. The smallest absolute Gasteiger partial charge is 0.759 e. The fourth-order valence-electron chi connectivity index (χ4n) is 0. The molecule has 0 radical (unpaired) electrons. The van der Waals surface area contributed by atoms with E-state index in [1.165, 1.54) is 0 Å². The minimum Gasteiger partial charge on any atom is -0.759 e. The summed E-state index contributed by atoms with van der Waals surface area (Å²) in [6.07, 6.45) is 0. The van der Waals surface area contributed by atoms with Gasteiger partial charge in [-0.2, -0.15) is 0 Å². The molecule has 50 valence electrons. The molecule has 9 heteroatoms. The van der Waals surface area contributed by atoms with Crippen molar-refractivity contribution in [2.45, 2.75) is 0 Å². The molecule has 0 atom stereocenters. The third-order valence-electron chi connectivity index (χ3n) is 0. The van der Waals surface area contributed by atoms with Gasteiger partial charge in [-0.05, 0) is 0 Å². The van der Waals surface area contributed by atoms with Gasteiger partial charge >= 0.3 is 46.9 Å². The molecule has 0 heterocycles. The molecular weight excluding hydrogens is 190 g/mol. The van der Waals surface area contributed by atoms with Gasteiger partial charge in [0.05, 0.1) is 0 Å². The van der Waals surface area contributed by atoms with Gasteiger partial charge in [-0.3, -0.25) is 8.42 Å². The van der Waals surface area contributed by atoms with Crippen molar-refractivity contribution in [2.75, 3.05) is 0 Å². The molecule has 0 aromatic heterocycles. The van der Waals surface area contributed by atoms with E-state index in [1.54, 1.807) is 0 Å². The molecule has 0 amide bonds. The Bertz CT molecular complexity index is 132. The minimum atomic E-state index is -5.17. The summed E-state index contributed by atoms with van der Waals surface area (Å²) >= 11 is 0. The van der Waals surface area contributed by atoms with Crippen molar-refractivity contribution in [3.63, 3.8) is 0 Å². The van der Waals surface area contributed by atoms with Crippen LogP contribution in [0.3, 0.4) is 0 Å². The first kappa shape index (κ1) is 22.4. The maximum absolute atomic E-state index is 8.52. The van der Waals surface area contributed by atoms with Gasteiger partial charge in [0, 0.05) is 16.9 Å². The molecule has 0 aliphatic heterocycles. The average Bonchev–Trinajstić information content (AvgIpc) is 1.27. The standard InChI is InChI=1S/CH2O2.Al.Na.H2O4S/c2-1-3;;;1-5(2,3)4/h1H,(H,2,3);;;(H2,1,2,3,4)/q;+3;+1;/p-3. The molecular formula is CHAlNaO6S+. The van der Waals surface area contributed by atoms with Crippen LogP contribution in [-0.4, -0.2) is 41.4 Å². The Hall–Kier alpha value is 0.872. The molecule has 0 rings (SSSR count). The first-order valence-corrected chi connectivity index (χ1v) is 2.47. The normalized spacial score (nSPS) is 7.00.